The molecule has 8 nitrogen and oxygen atoms in total. The Morgan fingerprint density at radius 2 is 1.81 bits per heavy atom. The lowest BCUT2D eigenvalue weighted by atomic mass is 9.89. The molecule has 1 amide bonds. The van der Waals surface area contributed by atoms with Gasteiger partial charge in [-0.05, 0) is 43.7 Å². The van der Waals surface area contributed by atoms with Gasteiger partial charge in [-0.15, -0.1) is 0 Å². The van der Waals surface area contributed by atoms with Crippen molar-refractivity contribution in [2.75, 3.05) is 38.4 Å². The van der Waals surface area contributed by atoms with Gasteiger partial charge in [-0.25, -0.2) is 4.98 Å². The summed E-state index contributed by atoms with van der Waals surface area (Å²) in [6.07, 6.45) is 0. The van der Waals surface area contributed by atoms with Crippen LogP contribution in [-0.2, 0) is 19.1 Å². The van der Waals surface area contributed by atoms with Crippen molar-refractivity contribution in [2.45, 2.75) is 19.9 Å². The maximum absolute atomic E-state index is 13.6. The number of amides is 1. The highest BCUT2D eigenvalue weighted by atomic mass is 16.5. The van der Waals surface area contributed by atoms with E-state index in [-0.39, 0.29) is 19.1 Å². The number of methoxy groups -OCH3 is 1. The molecule has 0 bridgehead atoms. The lowest BCUT2D eigenvalue weighted by Gasteiger charge is -2.37. The van der Waals surface area contributed by atoms with Gasteiger partial charge in [0.25, 0.3) is 0 Å². The molecule has 32 heavy (non-hydrogen) atoms. The van der Waals surface area contributed by atoms with Crippen LogP contribution in [0.5, 0.6) is 5.75 Å². The van der Waals surface area contributed by atoms with Crippen molar-refractivity contribution in [1.82, 2.24) is 9.55 Å². The Kier molecular flexibility index (Phi) is 6.41. The van der Waals surface area contributed by atoms with Crippen molar-refractivity contribution in [3.8, 4) is 5.75 Å². The van der Waals surface area contributed by atoms with Gasteiger partial charge in [0.1, 0.15) is 5.75 Å². The molecular formula is C24H27N3O5. The van der Waals surface area contributed by atoms with Crippen molar-refractivity contribution in [2.24, 2.45) is 5.92 Å². The Hall–Kier alpha value is -3.39. The van der Waals surface area contributed by atoms with E-state index in [9.17, 15) is 9.59 Å². The first-order valence-corrected chi connectivity index (χ1v) is 10.8. The highest BCUT2D eigenvalue weighted by molar-refractivity contribution is 6.08. The molecule has 3 aromatic rings. The van der Waals surface area contributed by atoms with E-state index < -0.39 is 17.9 Å². The first-order chi connectivity index (χ1) is 15.6. The minimum atomic E-state index is -1.05. The van der Waals surface area contributed by atoms with Gasteiger partial charge in [0.2, 0.25) is 11.9 Å². The maximum Gasteiger partial charge on any atom is 0.321 e. The Bertz CT molecular complexity index is 1110. The topological polar surface area (TPSA) is 82.9 Å². The van der Waals surface area contributed by atoms with Gasteiger partial charge in [0.05, 0.1) is 43.4 Å². The molecule has 2 unspecified atom stereocenters. The van der Waals surface area contributed by atoms with Crippen LogP contribution < -0.4 is 9.64 Å². The van der Waals surface area contributed by atoms with E-state index in [0.29, 0.717) is 19.2 Å². The standard InChI is InChI=1S/C24H27N3O5/c1-4-31-17-12-10-16(11-13-17)21-20(23(29)32-5-2)22(28)26(14-15-30-3)24-25-18-8-6-7-9-19(18)27(21)24/h6-13,20-21H,4-5,14-15H2,1-3H3. The summed E-state index contributed by atoms with van der Waals surface area (Å²) < 4.78 is 18.1. The first kappa shape index (κ1) is 21.8. The number of carbonyl (C=O) groups is 2. The molecule has 1 aliphatic heterocycles. The van der Waals surface area contributed by atoms with E-state index in [0.717, 1.165) is 22.3 Å². The molecule has 0 radical (unpaired) electrons. The number of para-hydroxylation sites is 2. The van der Waals surface area contributed by atoms with Gasteiger partial charge in [-0.2, -0.15) is 0 Å². The first-order valence-electron chi connectivity index (χ1n) is 10.8. The minimum absolute atomic E-state index is 0.189. The van der Waals surface area contributed by atoms with Crippen molar-refractivity contribution in [1.29, 1.82) is 0 Å². The van der Waals surface area contributed by atoms with Crippen LogP contribution in [0.2, 0.25) is 0 Å². The van der Waals surface area contributed by atoms with Crippen molar-refractivity contribution >= 4 is 28.9 Å². The molecule has 0 aliphatic carbocycles. The molecule has 8 heteroatoms. The average Bonchev–Trinajstić information content (AvgIpc) is 3.18. The van der Waals surface area contributed by atoms with Gasteiger partial charge in [0, 0.05) is 7.11 Å². The molecule has 1 aliphatic rings. The zero-order chi connectivity index (χ0) is 22.7. The van der Waals surface area contributed by atoms with E-state index in [2.05, 4.69) is 0 Å². The van der Waals surface area contributed by atoms with Crippen LogP contribution in [-0.4, -0.2) is 54.9 Å². The third-order valence-electron chi connectivity index (χ3n) is 5.54. The average molecular weight is 437 g/mol. The Balaban J connectivity index is 1.92. The smallest absolute Gasteiger partial charge is 0.321 e. The third kappa shape index (κ3) is 3.82. The Labute approximate surface area is 186 Å². The van der Waals surface area contributed by atoms with Crippen LogP contribution in [0.15, 0.2) is 48.5 Å². The molecule has 2 heterocycles. The van der Waals surface area contributed by atoms with Crippen molar-refractivity contribution < 1.29 is 23.8 Å². The van der Waals surface area contributed by atoms with E-state index in [1.165, 1.54) is 4.90 Å². The lowest BCUT2D eigenvalue weighted by Crippen LogP contribution is -2.51. The second kappa shape index (κ2) is 9.40. The molecule has 1 aromatic heterocycles. The number of ether oxygens (including phenoxy) is 3. The van der Waals surface area contributed by atoms with Crippen molar-refractivity contribution in [3.05, 3.63) is 54.1 Å². The van der Waals surface area contributed by atoms with E-state index >= 15 is 0 Å². The Morgan fingerprint density at radius 1 is 1.06 bits per heavy atom. The number of rotatable bonds is 8. The quantitative estimate of drug-likeness (QED) is 0.398. The summed E-state index contributed by atoms with van der Waals surface area (Å²) in [5.74, 6) is -0.726. The summed E-state index contributed by atoms with van der Waals surface area (Å²) in [7, 11) is 1.57. The molecule has 0 fully saturated rings. The number of carbonyl (C=O) groups excluding carboxylic acids is 2. The lowest BCUT2D eigenvalue weighted by molar-refractivity contribution is -0.153. The van der Waals surface area contributed by atoms with Crippen LogP contribution in [0.1, 0.15) is 25.5 Å². The highest BCUT2D eigenvalue weighted by Crippen LogP contribution is 2.41. The third-order valence-corrected chi connectivity index (χ3v) is 5.54. The molecule has 168 valence electrons. The molecule has 0 saturated carbocycles. The van der Waals surface area contributed by atoms with Gasteiger partial charge in [0.15, 0.2) is 5.92 Å². The van der Waals surface area contributed by atoms with Gasteiger partial charge >= 0.3 is 5.97 Å². The fourth-order valence-corrected chi connectivity index (χ4v) is 4.17. The van der Waals surface area contributed by atoms with E-state index in [4.69, 9.17) is 19.2 Å². The zero-order valence-electron chi connectivity index (χ0n) is 18.5. The maximum atomic E-state index is 13.6. The van der Waals surface area contributed by atoms with Crippen LogP contribution in [0.4, 0.5) is 5.95 Å². The number of hydrogen-bond acceptors (Lipinski definition) is 6. The number of esters is 1. The normalized spacial score (nSPS) is 18.0. The SMILES string of the molecule is CCOC(=O)C1C(=O)N(CCOC)c2nc3ccccc3n2C1c1ccc(OCC)cc1. The fourth-order valence-electron chi connectivity index (χ4n) is 4.17. The summed E-state index contributed by atoms with van der Waals surface area (Å²) in [4.78, 5) is 33.0. The Morgan fingerprint density at radius 3 is 2.50 bits per heavy atom. The van der Waals surface area contributed by atoms with Crippen LogP contribution in [0, 0.1) is 5.92 Å². The molecule has 0 N–H and O–H groups in total. The monoisotopic (exact) mass is 437 g/mol. The van der Waals surface area contributed by atoms with Crippen LogP contribution in [0.25, 0.3) is 11.0 Å². The zero-order valence-corrected chi connectivity index (χ0v) is 18.5. The fraction of sp³-hybridized carbons (Fsp3) is 0.375. The van der Waals surface area contributed by atoms with Gasteiger partial charge in [-0.1, -0.05) is 24.3 Å². The van der Waals surface area contributed by atoms with E-state index in [1.54, 1.807) is 14.0 Å². The number of anilines is 1. The summed E-state index contributed by atoms with van der Waals surface area (Å²) in [5, 5.41) is 0. The molecule has 2 aromatic carbocycles. The van der Waals surface area contributed by atoms with Gasteiger partial charge in [-0.3, -0.25) is 14.5 Å². The van der Waals surface area contributed by atoms with Crippen LogP contribution >= 0.6 is 0 Å². The number of hydrogen-bond donors (Lipinski definition) is 0. The minimum Gasteiger partial charge on any atom is -0.494 e. The predicted molar refractivity (Wildman–Crippen MR) is 120 cm³/mol. The molecule has 0 spiro atoms. The summed E-state index contributed by atoms with van der Waals surface area (Å²) in [6, 6.07) is 14.5. The summed E-state index contributed by atoms with van der Waals surface area (Å²) in [5.41, 5.74) is 2.39. The largest absolute Gasteiger partial charge is 0.494 e. The highest BCUT2D eigenvalue weighted by Gasteiger charge is 2.47. The summed E-state index contributed by atoms with van der Waals surface area (Å²) in [6.45, 7) is 5.00. The number of aromatic nitrogens is 2. The molecule has 0 saturated heterocycles. The molecule has 4 rings (SSSR count). The van der Waals surface area contributed by atoms with Crippen LogP contribution in [0.3, 0.4) is 0 Å². The second-order valence-corrected chi connectivity index (χ2v) is 7.43. The number of nitrogens with zero attached hydrogens (tertiary/aromatic N) is 3. The van der Waals surface area contributed by atoms with Gasteiger partial charge < -0.3 is 18.8 Å². The molecular weight excluding hydrogens is 410 g/mol. The number of fused-ring (bicyclic) bond motifs is 3. The number of benzene rings is 2. The molecule has 2 atom stereocenters. The number of imidazole rings is 1. The predicted octanol–water partition coefficient (Wildman–Crippen LogP) is 3.20. The summed E-state index contributed by atoms with van der Waals surface area (Å²) >= 11 is 0. The van der Waals surface area contributed by atoms with Crippen molar-refractivity contribution in [3.63, 3.8) is 0 Å². The van der Waals surface area contributed by atoms with E-state index in [1.807, 2.05) is 60.0 Å². The second-order valence-electron chi connectivity index (χ2n) is 7.43.